The van der Waals surface area contributed by atoms with Gasteiger partial charge in [0.05, 0.1) is 17.2 Å². The van der Waals surface area contributed by atoms with Crippen molar-refractivity contribution < 1.29 is 17.9 Å². The maximum atomic E-state index is 13.6. The number of aryl methyl sites for hydroxylation is 1. The Hall–Kier alpha value is -3.03. The van der Waals surface area contributed by atoms with Crippen molar-refractivity contribution in [3.63, 3.8) is 0 Å². The summed E-state index contributed by atoms with van der Waals surface area (Å²) in [5.74, 6) is -0.0168. The lowest BCUT2D eigenvalue weighted by molar-refractivity contribution is -0.120. The lowest BCUT2D eigenvalue weighted by atomic mass is 10.1. The highest BCUT2D eigenvalue weighted by Crippen LogP contribution is 2.32. The Morgan fingerprint density at radius 3 is 2.32 bits per heavy atom. The van der Waals surface area contributed by atoms with Gasteiger partial charge < -0.3 is 10.1 Å². The molecule has 0 bridgehead atoms. The number of hydrogen-bond donors (Lipinski definition) is 1. The van der Waals surface area contributed by atoms with Crippen molar-refractivity contribution in [2.75, 3.05) is 17.5 Å². The zero-order valence-electron chi connectivity index (χ0n) is 19.3. The van der Waals surface area contributed by atoms with Crippen molar-refractivity contribution in [2.24, 2.45) is 0 Å². The first-order valence-corrected chi connectivity index (χ1v) is 13.0. The van der Waals surface area contributed by atoms with Crippen LogP contribution in [0.1, 0.15) is 25.8 Å². The summed E-state index contributed by atoms with van der Waals surface area (Å²) >= 11 is 5.95. The predicted molar refractivity (Wildman–Crippen MR) is 136 cm³/mol. The Morgan fingerprint density at radius 2 is 1.65 bits per heavy atom. The Bertz CT molecular complexity index is 1180. The maximum Gasteiger partial charge on any atom is 0.264 e. The van der Waals surface area contributed by atoms with E-state index in [1.165, 1.54) is 29.8 Å². The molecule has 3 aromatic rings. The van der Waals surface area contributed by atoms with Crippen molar-refractivity contribution in [2.45, 2.75) is 37.6 Å². The Kier molecular flexibility index (Phi) is 8.96. The number of benzene rings is 3. The van der Waals surface area contributed by atoms with Crippen LogP contribution in [-0.4, -0.2) is 33.5 Å². The van der Waals surface area contributed by atoms with E-state index >= 15 is 0 Å². The number of para-hydroxylation sites is 2. The van der Waals surface area contributed by atoms with Gasteiger partial charge in [-0.1, -0.05) is 54.1 Å². The van der Waals surface area contributed by atoms with E-state index in [2.05, 4.69) is 5.32 Å². The van der Waals surface area contributed by atoms with Gasteiger partial charge in [-0.25, -0.2) is 8.42 Å². The molecule has 0 aliphatic heterocycles. The van der Waals surface area contributed by atoms with Crippen LogP contribution in [0.5, 0.6) is 5.75 Å². The molecule has 1 atom stereocenters. The second-order valence-corrected chi connectivity index (χ2v) is 10.2. The van der Waals surface area contributed by atoms with Crippen molar-refractivity contribution in [3.8, 4) is 5.75 Å². The van der Waals surface area contributed by atoms with Crippen LogP contribution in [-0.2, 0) is 21.2 Å². The summed E-state index contributed by atoms with van der Waals surface area (Å²) in [6.45, 7) is 3.70. The van der Waals surface area contributed by atoms with Gasteiger partial charge in [-0.05, 0) is 68.7 Å². The van der Waals surface area contributed by atoms with E-state index in [0.29, 0.717) is 23.1 Å². The van der Waals surface area contributed by atoms with Gasteiger partial charge in [0, 0.05) is 11.1 Å². The first kappa shape index (κ1) is 25.6. The summed E-state index contributed by atoms with van der Waals surface area (Å²) in [6.07, 6.45) is 1.54. The number of amides is 1. The Morgan fingerprint density at radius 1 is 1.00 bits per heavy atom. The van der Waals surface area contributed by atoms with E-state index in [1.54, 1.807) is 24.3 Å². The van der Waals surface area contributed by atoms with E-state index in [-0.39, 0.29) is 17.5 Å². The van der Waals surface area contributed by atoms with Crippen molar-refractivity contribution in [1.29, 1.82) is 0 Å². The molecule has 8 heteroatoms. The van der Waals surface area contributed by atoms with Gasteiger partial charge >= 0.3 is 0 Å². The zero-order valence-corrected chi connectivity index (χ0v) is 20.9. The molecule has 1 amide bonds. The van der Waals surface area contributed by atoms with Crippen LogP contribution in [0.25, 0.3) is 0 Å². The summed E-state index contributed by atoms with van der Waals surface area (Å²) in [4.78, 5) is 13.0. The first-order chi connectivity index (χ1) is 16.3. The van der Waals surface area contributed by atoms with E-state index in [1.807, 2.05) is 44.2 Å². The predicted octanol–water partition coefficient (Wildman–Crippen LogP) is 5.07. The molecule has 0 heterocycles. The molecule has 3 rings (SSSR count). The lowest BCUT2D eigenvalue weighted by Gasteiger charge is -2.26. The minimum atomic E-state index is -4.06. The van der Waals surface area contributed by atoms with Crippen LogP contribution in [0.15, 0.2) is 83.8 Å². The van der Waals surface area contributed by atoms with Crippen LogP contribution in [0.2, 0.25) is 5.02 Å². The fourth-order valence-corrected chi connectivity index (χ4v) is 5.08. The van der Waals surface area contributed by atoms with E-state index in [4.69, 9.17) is 16.3 Å². The molecule has 3 aromatic carbocycles. The minimum Gasteiger partial charge on any atom is -0.492 e. The Labute approximate surface area is 206 Å². The van der Waals surface area contributed by atoms with Crippen molar-refractivity contribution in [3.05, 3.63) is 89.4 Å². The van der Waals surface area contributed by atoms with Gasteiger partial charge in [0.1, 0.15) is 12.3 Å². The summed E-state index contributed by atoms with van der Waals surface area (Å²) in [6, 6.07) is 22.5. The number of carbonyl (C=O) groups is 1. The third kappa shape index (κ3) is 6.74. The average molecular weight is 501 g/mol. The molecule has 1 N–H and O–H groups in total. The molecule has 34 heavy (non-hydrogen) atoms. The third-order valence-corrected chi connectivity index (χ3v) is 7.26. The van der Waals surface area contributed by atoms with Crippen molar-refractivity contribution in [1.82, 2.24) is 5.32 Å². The molecule has 0 aromatic heterocycles. The lowest BCUT2D eigenvalue weighted by Crippen LogP contribution is -2.43. The van der Waals surface area contributed by atoms with Crippen molar-refractivity contribution >= 4 is 33.2 Å². The van der Waals surface area contributed by atoms with Gasteiger partial charge in [0.2, 0.25) is 5.91 Å². The molecule has 0 aliphatic rings. The highest BCUT2D eigenvalue weighted by Gasteiger charge is 2.29. The van der Waals surface area contributed by atoms with Crippen LogP contribution in [0.4, 0.5) is 5.69 Å². The molecule has 0 saturated heterocycles. The van der Waals surface area contributed by atoms with Gasteiger partial charge in [0.25, 0.3) is 10.0 Å². The van der Waals surface area contributed by atoms with E-state index in [9.17, 15) is 13.2 Å². The maximum absolute atomic E-state index is 13.6. The molecule has 0 saturated carbocycles. The van der Waals surface area contributed by atoms with Crippen LogP contribution >= 0.6 is 11.6 Å². The molecule has 6 nitrogen and oxygen atoms in total. The number of sulfonamides is 1. The number of ether oxygens (including phenoxy) is 1. The average Bonchev–Trinajstić information content (AvgIpc) is 2.83. The molecule has 180 valence electrons. The van der Waals surface area contributed by atoms with E-state index < -0.39 is 15.9 Å². The number of halogens is 1. The van der Waals surface area contributed by atoms with Gasteiger partial charge in [-0.15, -0.1) is 0 Å². The summed E-state index contributed by atoms with van der Waals surface area (Å²) in [5, 5.41) is 3.35. The number of nitrogens with zero attached hydrogens (tertiary/aromatic N) is 1. The Balaban J connectivity index is 1.82. The first-order valence-electron chi connectivity index (χ1n) is 11.1. The number of carbonyl (C=O) groups excluding carboxylic acids is 1. The largest absolute Gasteiger partial charge is 0.492 e. The van der Waals surface area contributed by atoms with Gasteiger partial charge in [-0.2, -0.15) is 0 Å². The second kappa shape index (κ2) is 11.9. The fraction of sp³-hybridized carbons (Fsp3) is 0.269. The number of rotatable bonds is 11. The molecule has 0 radical (unpaired) electrons. The topological polar surface area (TPSA) is 75.7 Å². The molecular formula is C26H29ClN2O4S. The fourth-order valence-electron chi connectivity index (χ4n) is 3.53. The SMILES string of the molecule is CCOc1ccccc1N(CC(=O)N[C@H](C)CCc1ccccc1)S(=O)(=O)c1ccc(Cl)cc1. The number of nitrogens with one attached hydrogen (secondary N) is 1. The molecule has 0 spiro atoms. The number of hydrogen-bond acceptors (Lipinski definition) is 4. The normalized spacial score (nSPS) is 12.1. The van der Waals surface area contributed by atoms with Crippen LogP contribution in [0, 0.1) is 0 Å². The van der Waals surface area contributed by atoms with Crippen LogP contribution in [0.3, 0.4) is 0 Å². The molecule has 0 fully saturated rings. The zero-order chi connectivity index (χ0) is 24.6. The third-order valence-electron chi connectivity index (χ3n) is 5.24. The molecule has 0 unspecified atom stereocenters. The quantitative estimate of drug-likeness (QED) is 0.398. The van der Waals surface area contributed by atoms with Gasteiger partial charge in [0.15, 0.2) is 0 Å². The monoisotopic (exact) mass is 500 g/mol. The smallest absolute Gasteiger partial charge is 0.264 e. The summed E-state index contributed by atoms with van der Waals surface area (Å²) < 4.78 is 33.9. The minimum absolute atomic E-state index is 0.0353. The van der Waals surface area contributed by atoms with E-state index in [0.717, 1.165) is 17.1 Å². The second-order valence-electron chi connectivity index (χ2n) is 7.86. The van der Waals surface area contributed by atoms with Crippen LogP contribution < -0.4 is 14.4 Å². The molecule has 0 aliphatic carbocycles. The number of anilines is 1. The standard InChI is InChI=1S/C26H29ClN2O4S/c1-3-33-25-12-8-7-11-24(25)29(34(31,32)23-17-15-22(27)16-18-23)19-26(30)28-20(2)13-14-21-9-5-4-6-10-21/h4-12,15-18,20H,3,13-14,19H2,1-2H3,(H,28,30)/t20-/m1/s1. The highest BCUT2D eigenvalue weighted by molar-refractivity contribution is 7.92. The van der Waals surface area contributed by atoms with Gasteiger partial charge in [-0.3, -0.25) is 9.10 Å². The molecular weight excluding hydrogens is 472 g/mol. The summed E-state index contributed by atoms with van der Waals surface area (Å²) in [7, 11) is -4.06. The highest BCUT2D eigenvalue weighted by atomic mass is 35.5. The summed E-state index contributed by atoms with van der Waals surface area (Å²) in [5.41, 5.74) is 1.48.